The van der Waals surface area contributed by atoms with Gasteiger partial charge in [0.1, 0.15) is 0 Å². The van der Waals surface area contributed by atoms with Gasteiger partial charge in [-0.3, -0.25) is 9.67 Å². The summed E-state index contributed by atoms with van der Waals surface area (Å²) in [6, 6.07) is 0.422. The molecule has 24 heavy (non-hydrogen) atoms. The Morgan fingerprint density at radius 1 is 1.33 bits per heavy atom. The fourth-order valence-electron chi connectivity index (χ4n) is 2.64. The third kappa shape index (κ3) is 8.34. The highest BCUT2D eigenvalue weighted by molar-refractivity contribution is 5.79. The van der Waals surface area contributed by atoms with Crippen LogP contribution in [0.4, 0.5) is 0 Å². The molecule has 0 aliphatic carbocycles. The molecule has 0 aliphatic rings. The SMILES string of the molecule is CCNC(=NCCn1cc(C)cn1)NC(C)CCCN(CC)CC. The van der Waals surface area contributed by atoms with E-state index in [4.69, 9.17) is 0 Å². The topological polar surface area (TPSA) is 57.5 Å². The van der Waals surface area contributed by atoms with Gasteiger partial charge in [0.25, 0.3) is 0 Å². The maximum Gasteiger partial charge on any atom is 0.191 e. The first-order valence-electron chi connectivity index (χ1n) is 9.35. The Labute approximate surface area is 147 Å². The van der Waals surface area contributed by atoms with E-state index in [1.807, 2.05) is 17.1 Å². The van der Waals surface area contributed by atoms with Crippen LogP contribution >= 0.6 is 0 Å². The summed E-state index contributed by atoms with van der Waals surface area (Å²) in [6.07, 6.45) is 6.29. The largest absolute Gasteiger partial charge is 0.357 e. The Morgan fingerprint density at radius 3 is 2.67 bits per heavy atom. The molecule has 1 unspecified atom stereocenters. The predicted octanol–water partition coefficient (Wildman–Crippen LogP) is 2.26. The fourth-order valence-corrected chi connectivity index (χ4v) is 2.64. The van der Waals surface area contributed by atoms with E-state index < -0.39 is 0 Å². The third-order valence-corrected chi connectivity index (χ3v) is 4.09. The molecule has 1 atom stereocenters. The van der Waals surface area contributed by atoms with E-state index in [0.717, 1.165) is 45.1 Å². The number of rotatable bonds is 11. The Bertz CT molecular complexity index is 464. The van der Waals surface area contributed by atoms with Crippen molar-refractivity contribution >= 4 is 5.96 Å². The van der Waals surface area contributed by atoms with Crippen LogP contribution < -0.4 is 10.6 Å². The number of guanidine groups is 1. The van der Waals surface area contributed by atoms with Gasteiger partial charge < -0.3 is 15.5 Å². The first-order valence-corrected chi connectivity index (χ1v) is 9.35. The monoisotopic (exact) mass is 336 g/mol. The van der Waals surface area contributed by atoms with Gasteiger partial charge in [-0.2, -0.15) is 5.10 Å². The molecule has 1 rings (SSSR count). The molecule has 0 amide bonds. The number of nitrogens with one attached hydrogen (secondary N) is 2. The van der Waals surface area contributed by atoms with Crippen molar-refractivity contribution in [1.29, 1.82) is 0 Å². The van der Waals surface area contributed by atoms with Gasteiger partial charge in [0.05, 0.1) is 19.3 Å². The second-order valence-corrected chi connectivity index (χ2v) is 6.26. The van der Waals surface area contributed by atoms with Crippen molar-refractivity contribution in [2.24, 2.45) is 4.99 Å². The molecular weight excluding hydrogens is 300 g/mol. The van der Waals surface area contributed by atoms with E-state index in [2.05, 4.69) is 60.2 Å². The van der Waals surface area contributed by atoms with Crippen molar-refractivity contribution in [2.45, 2.75) is 60.0 Å². The minimum atomic E-state index is 0.422. The summed E-state index contributed by atoms with van der Waals surface area (Å²) >= 11 is 0. The lowest BCUT2D eigenvalue weighted by Crippen LogP contribution is -2.42. The Balaban J connectivity index is 2.35. The number of hydrogen-bond donors (Lipinski definition) is 2. The maximum absolute atomic E-state index is 4.66. The summed E-state index contributed by atoms with van der Waals surface area (Å²) < 4.78 is 1.94. The zero-order valence-corrected chi connectivity index (χ0v) is 16.2. The lowest BCUT2D eigenvalue weighted by atomic mass is 10.2. The molecule has 0 saturated heterocycles. The number of aliphatic imine (C=N–C) groups is 1. The zero-order chi connectivity index (χ0) is 17.8. The minimum absolute atomic E-state index is 0.422. The standard InChI is InChI=1S/C18H36N6/c1-6-19-18(20-11-13-24-15-16(4)14-21-24)22-17(5)10-9-12-23(7-2)8-3/h14-15,17H,6-13H2,1-5H3,(H2,19,20,22). The molecule has 0 radical (unpaired) electrons. The Kier molecular flexibility index (Phi) is 10.2. The van der Waals surface area contributed by atoms with Gasteiger partial charge in [-0.1, -0.05) is 13.8 Å². The molecule has 6 nitrogen and oxygen atoms in total. The van der Waals surface area contributed by atoms with Crippen molar-refractivity contribution in [2.75, 3.05) is 32.7 Å². The maximum atomic E-state index is 4.66. The summed E-state index contributed by atoms with van der Waals surface area (Å²) in [5.74, 6) is 0.900. The minimum Gasteiger partial charge on any atom is -0.357 e. The highest BCUT2D eigenvalue weighted by Crippen LogP contribution is 2.00. The molecule has 6 heteroatoms. The van der Waals surface area contributed by atoms with E-state index in [1.165, 1.54) is 18.5 Å². The average molecular weight is 337 g/mol. The summed E-state index contributed by atoms with van der Waals surface area (Å²) in [7, 11) is 0. The summed E-state index contributed by atoms with van der Waals surface area (Å²) in [5, 5.41) is 11.1. The van der Waals surface area contributed by atoms with E-state index in [9.17, 15) is 0 Å². The average Bonchev–Trinajstić information content (AvgIpc) is 2.97. The van der Waals surface area contributed by atoms with Gasteiger partial charge in [-0.25, -0.2) is 0 Å². The smallest absolute Gasteiger partial charge is 0.191 e. The lowest BCUT2D eigenvalue weighted by Gasteiger charge is -2.21. The molecule has 1 aromatic heterocycles. The van der Waals surface area contributed by atoms with E-state index in [1.54, 1.807) is 0 Å². The number of nitrogens with zero attached hydrogens (tertiary/aromatic N) is 4. The molecular formula is C18H36N6. The van der Waals surface area contributed by atoms with Crippen molar-refractivity contribution in [3.63, 3.8) is 0 Å². The van der Waals surface area contributed by atoms with Crippen LogP contribution in [0.2, 0.25) is 0 Å². The lowest BCUT2D eigenvalue weighted by molar-refractivity contribution is 0.292. The molecule has 0 spiro atoms. The quantitative estimate of drug-likeness (QED) is 0.481. The second kappa shape index (κ2) is 11.9. The van der Waals surface area contributed by atoms with Crippen LogP contribution in [-0.4, -0.2) is 59.4 Å². The molecule has 0 fully saturated rings. The normalized spacial score (nSPS) is 13.3. The molecule has 0 bridgehead atoms. The van der Waals surface area contributed by atoms with Crippen LogP contribution in [-0.2, 0) is 6.54 Å². The van der Waals surface area contributed by atoms with Gasteiger partial charge in [0, 0.05) is 18.8 Å². The van der Waals surface area contributed by atoms with Crippen LogP contribution in [0.5, 0.6) is 0 Å². The van der Waals surface area contributed by atoms with Gasteiger partial charge in [0.15, 0.2) is 5.96 Å². The Hall–Kier alpha value is -1.56. The molecule has 1 aromatic rings. The number of hydrogen-bond acceptors (Lipinski definition) is 3. The second-order valence-electron chi connectivity index (χ2n) is 6.26. The predicted molar refractivity (Wildman–Crippen MR) is 103 cm³/mol. The molecule has 0 aromatic carbocycles. The van der Waals surface area contributed by atoms with Crippen LogP contribution in [0.15, 0.2) is 17.4 Å². The number of aromatic nitrogens is 2. The molecule has 1 heterocycles. The van der Waals surface area contributed by atoms with Gasteiger partial charge in [0.2, 0.25) is 0 Å². The van der Waals surface area contributed by atoms with Crippen molar-refractivity contribution in [3.05, 3.63) is 18.0 Å². The highest BCUT2D eigenvalue weighted by atomic mass is 15.3. The first kappa shape index (κ1) is 20.5. The van der Waals surface area contributed by atoms with Gasteiger partial charge in [-0.05, 0) is 58.8 Å². The van der Waals surface area contributed by atoms with Crippen LogP contribution in [0.1, 0.15) is 46.1 Å². The van der Waals surface area contributed by atoms with E-state index in [0.29, 0.717) is 6.04 Å². The summed E-state index contributed by atoms with van der Waals surface area (Å²) in [6.45, 7) is 16.7. The first-order chi connectivity index (χ1) is 11.6. The fraction of sp³-hybridized carbons (Fsp3) is 0.778. The third-order valence-electron chi connectivity index (χ3n) is 4.09. The molecule has 2 N–H and O–H groups in total. The summed E-state index contributed by atoms with van der Waals surface area (Å²) in [5.41, 5.74) is 1.19. The Morgan fingerprint density at radius 2 is 2.08 bits per heavy atom. The molecule has 0 saturated carbocycles. The van der Waals surface area contributed by atoms with Gasteiger partial charge >= 0.3 is 0 Å². The van der Waals surface area contributed by atoms with E-state index in [-0.39, 0.29) is 0 Å². The molecule has 138 valence electrons. The van der Waals surface area contributed by atoms with Crippen LogP contribution in [0, 0.1) is 6.92 Å². The molecule has 0 aliphatic heterocycles. The van der Waals surface area contributed by atoms with E-state index >= 15 is 0 Å². The van der Waals surface area contributed by atoms with Gasteiger partial charge in [-0.15, -0.1) is 0 Å². The zero-order valence-electron chi connectivity index (χ0n) is 16.2. The summed E-state index contributed by atoms with van der Waals surface area (Å²) in [4.78, 5) is 7.13. The van der Waals surface area contributed by atoms with Crippen molar-refractivity contribution in [3.8, 4) is 0 Å². The van der Waals surface area contributed by atoms with Crippen molar-refractivity contribution in [1.82, 2.24) is 25.3 Å². The van der Waals surface area contributed by atoms with Crippen LogP contribution in [0.25, 0.3) is 0 Å². The highest BCUT2D eigenvalue weighted by Gasteiger charge is 2.06. The number of aryl methyl sites for hydroxylation is 1. The van der Waals surface area contributed by atoms with Crippen molar-refractivity contribution < 1.29 is 0 Å². The van der Waals surface area contributed by atoms with Crippen LogP contribution in [0.3, 0.4) is 0 Å².